The zero-order chi connectivity index (χ0) is 14.0. The number of hydrogen-bond acceptors (Lipinski definition) is 5. The molecular formula is C12H11N3O4. The number of carbonyl (C=O) groups excluding carboxylic acids is 1. The molecule has 0 unspecified atom stereocenters. The van der Waals surface area contributed by atoms with Crippen molar-refractivity contribution in [3.63, 3.8) is 0 Å². The summed E-state index contributed by atoms with van der Waals surface area (Å²) in [5.74, 6) is -0.515. The summed E-state index contributed by atoms with van der Waals surface area (Å²) in [7, 11) is 1.28. The van der Waals surface area contributed by atoms with Crippen LogP contribution in [0.1, 0.15) is 16.2 Å². The number of nitro groups is 1. The third kappa shape index (κ3) is 2.44. The number of benzene rings is 1. The molecule has 0 radical (unpaired) electrons. The minimum Gasteiger partial charge on any atom is -0.464 e. The van der Waals surface area contributed by atoms with Crippen LogP contribution in [-0.4, -0.2) is 27.8 Å². The highest BCUT2D eigenvalue weighted by Gasteiger charge is 2.16. The number of aromatic nitrogens is 2. The van der Waals surface area contributed by atoms with Crippen LogP contribution in [-0.2, 0) is 4.74 Å². The van der Waals surface area contributed by atoms with Crippen molar-refractivity contribution in [1.29, 1.82) is 0 Å². The molecule has 0 N–H and O–H groups in total. The first kappa shape index (κ1) is 12.7. The van der Waals surface area contributed by atoms with E-state index in [0.717, 1.165) is 0 Å². The van der Waals surface area contributed by atoms with Gasteiger partial charge in [-0.1, -0.05) is 0 Å². The number of aryl methyl sites for hydroxylation is 1. The highest BCUT2D eigenvalue weighted by Crippen LogP contribution is 2.17. The lowest BCUT2D eigenvalue weighted by molar-refractivity contribution is -0.384. The molecule has 1 aromatic heterocycles. The monoisotopic (exact) mass is 261 g/mol. The van der Waals surface area contributed by atoms with Crippen LogP contribution in [0.3, 0.4) is 0 Å². The van der Waals surface area contributed by atoms with Gasteiger partial charge in [-0.2, -0.15) is 5.10 Å². The molecule has 2 aromatic rings. The van der Waals surface area contributed by atoms with Gasteiger partial charge < -0.3 is 4.74 Å². The number of nitro benzene ring substituents is 1. The lowest BCUT2D eigenvalue weighted by Crippen LogP contribution is -2.10. The first-order valence-corrected chi connectivity index (χ1v) is 5.42. The van der Waals surface area contributed by atoms with Gasteiger partial charge in [0.1, 0.15) is 0 Å². The van der Waals surface area contributed by atoms with Crippen molar-refractivity contribution in [2.45, 2.75) is 6.92 Å². The van der Waals surface area contributed by atoms with Gasteiger partial charge in [-0.3, -0.25) is 10.1 Å². The second-order valence-corrected chi connectivity index (χ2v) is 3.85. The van der Waals surface area contributed by atoms with Crippen LogP contribution < -0.4 is 0 Å². The van der Waals surface area contributed by atoms with E-state index >= 15 is 0 Å². The van der Waals surface area contributed by atoms with Crippen LogP contribution in [0.5, 0.6) is 0 Å². The molecule has 2 rings (SSSR count). The fourth-order valence-corrected chi connectivity index (χ4v) is 1.66. The molecule has 0 atom stereocenters. The molecule has 19 heavy (non-hydrogen) atoms. The topological polar surface area (TPSA) is 87.3 Å². The molecule has 0 saturated heterocycles. The van der Waals surface area contributed by atoms with Crippen molar-refractivity contribution in [1.82, 2.24) is 9.78 Å². The Bertz CT molecular complexity index is 631. The van der Waals surface area contributed by atoms with Crippen LogP contribution in [0, 0.1) is 17.0 Å². The molecule has 98 valence electrons. The van der Waals surface area contributed by atoms with Crippen molar-refractivity contribution in [3.05, 3.63) is 51.8 Å². The molecule has 1 heterocycles. The van der Waals surface area contributed by atoms with Crippen molar-refractivity contribution in [3.8, 4) is 5.69 Å². The third-order valence-corrected chi connectivity index (χ3v) is 2.53. The number of methoxy groups -OCH3 is 1. The van der Waals surface area contributed by atoms with Crippen LogP contribution in [0.15, 0.2) is 30.3 Å². The number of non-ortho nitro benzene ring substituents is 1. The van der Waals surface area contributed by atoms with Crippen molar-refractivity contribution in [2.75, 3.05) is 7.11 Å². The number of carbonyl (C=O) groups is 1. The number of rotatable bonds is 3. The van der Waals surface area contributed by atoms with Gasteiger partial charge in [0.15, 0.2) is 5.69 Å². The fraction of sp³-hybridized carbons (Fsp3) is 0.167. The Morgan fingerprint density at radius 1 is 1.37 bits per heavy atom. The van der Waals surface area contributed by atoms with Crippen molar-refractivity contribution in [2.24, 2.45) is 0 Å². The molecule has 0 aliphatic heterocycles. The van der Waals surface area contributed by atoms with Crippen LogP contribution in [0.25, 0.3) is 5.69 Å². The van der Waals surface area contributed by atoms with Gasteiger partial charge in [-0.15, -0.1) is 0 Å². The minimum atomic E-state index is -0.515. The molecule has 7 nitrogen and oxygen atoms in total. The normalized spacial score (nSPS) is 10.2. The van der Waals surface area contributed by atoms with Crippen LogP contribution in [0.4, 0.5) is 5.69 Å². The predicted octanol–water partition coefficient (Wildman–Crippen LogP) is 1.88. The molecule has 0 fully saturated rings. The maximum Gasteiger partial charge on any atom is 0.356 e. The molecule has 0 bridgehead atoms. The second kappa shape index (κ2) is 4.89. The molecule has 0 aliphatic rings. The summed E-state index contributed by atoms with van der Waals surface area (Å²) >= 11 is 0. The Balaban J connectivity index is 2.46. The average Bonchev–Trinajstić information content (AvgIpc) is 2.80. The minimum absolute atomic E-state index is 0.0211. The first-order chi connectivity index (χ1) is 9.02. The number of hydrogen-bond donors (Lipinski definition) is 0. The first-order valence-electron chi connectivity index (χ1n) is 5.42. The van der Waals surface area contributed by atoms with E-state index in [4.69, 9.17) is 0 Å². The van der Waals surface area contributed by atoms with Crippen molar-refractivity contribution >= 4 is 11.7 Å². The summed E-state index contributed by atoms with van der Waals surface area (Å²) in [6, 6.07) is 7.35. The fourth-order valence-electron chi connectivity index (χ4n) is 1.66. The standard InChI is InChI=1S/C12H11N3O4/c1-8-7-11(12(16)19-2)14(13-8)9-3-5-10(6-4-9)15(17)18/h3-7H,1-2H3. The maximum atomic E-state index is 11.6. The molecule has 1 aromatic carbocycles. The van der Waals surface area contributed by atoms with Gasteiger partial charge in [0.25, 0.3) is 5.69 Å². The average molecular weight is 261 g/mol. The summed E-state index contributed by atoms with van der Waals surface area (Å²) in [5.41, 5.74) is 1.46. The zero-order valence-electron chi connectivity index (χ0n) is 10.4. The molecule has 0 aliphatic carbocycles. The summed E-state index contributed by atoms with van der Waals surface area (Å²) in [6.45, 7) is 1.74. The van der Waals surface area contributed by atoms with E-state index < -0.39 is 10.9 Å². The highest BCUT2D eigenvalue weighted by atomic mass is 16.6. The SMILES string of the molecule is COC(=O)c1cc(C)nn1-c1ccc([N+](=O)[O-])cc1. The van der Waals surface area contributed by atoms with Gasteiger partial charge >= 0.3 is 5.97 Å². The summed E-state index contributed by atoms with van der Waals surface area (Å²) in [5, 5.41) is 14.8. The number of esters is 1. The van der Waals surface area contributed by atoms with E-state index in [-0.39, 0.29) is 11.4 Å². The summed E-state index contributed by atoms with van der Waals surface area (Å²) < 4.78 is 6.06. The van der Waals surface area contributed by atoms with E-state index in [1.807, 2.05) is 0 Å². The van der Waals surface area contributed by atoms with Gasteiger partial charge in [-0.05, 0) is 25.1 Å². The third-order valence-electron chi connectivity index (χ3n) is 2.53. The maximum absolute atomic E-state index is 11.6. The van der Waals surface area contributed by atoms with E-state index in [0.29, 0.717) is 11.4 Å². The van der Waals surface area contributed by atoms with E-state index in [9.17, 15) is 14.9 Å². The quantitative estimate of drug-likeness (QED) is 0.478. The van der Waals surface area contributed by atoms with Gasteiger partial charge in [-0.25, -0.2) is 9.48 Å². The largest absolute Gasteiger partial charge is 0.464 e. The molecule has 7 heteroatoms. The van der Waals surface area contributed by atoms with Crippen molar-refractivity contribution < 1.29 is 14.5 Å². The molecule has 0 spiro atoms. The van der Waals surface area contributed by atoms with E-state index in [1.54, 1.807) is 13.0 Å². The van der Waals surface area contributed by atoms with Gasteiger partial charge in [0.2, 0.25) is 0 Å². The van der Waals surface area contributed by atoms with Crippen LogP contribution >= 0.6 is 0 Å². The Kier molecular flexibility index (Phi) is 3.28. The smallest absolute Gasteiger partial charge is 0.356 e. The lowest BCUT2D eigenvalue weighted by atomic mass is 10.3. The van der Waals surface area contributed by atoms with Crippen LogP contribution in [0.2, 0.25) is 0 Å². The Labute approximate surface area is 108 Å². The molecular weight excluding hydrogens is 250 g/mol. The summed E-state index contributed by atoms with van der Waals surface area (Å²) in [4.78, 5) is 21.7. The zero-order valence-corrected chi connectivity index (χ0v) is 10.4. The summed E-state index contributed by atoms with van der Waals surface area (Å²) in [6.07, 6.45) is 0. The molecule has 0 saturated carbocycles. The Morgan fingerprint density at radius 2 is 2.00 bits per heavy atom. The van der Waals surface area contributed by atoms with Gasteiger partial charge in [0, 0.05) is 12.1 Å². The highest BCUT2D eigenvalue weighted by molar-refractivity contribution is 5.88. The number of ether oxygens (including phenoxy) is 1. The number of nitrogens with zero attached hydrogens (tertiary/aromatic N) is 3. The Morgan fingerprint density at radius 3 is 2.53 bits per heavy atom. The Hall–Kier alpha value is -2.70. The second-order valence-electron chi connectivity index (χ2n) is 3.85. The predicted molar refractivity (Wildman–Crippen MR) is 66.3 cm³/mol. The van der Waals surface area contributed by atoms with Gasteiger partial charge in [0.05, 0.1) is 23.4 Å². The van der Waals surface area contributed by atoms with E-state index in [1.165, 1.54) is 36.1 Å². The molecule has 0 amide bonds. The lowest BCUT2D eigenvalue weighted by Gasteiger charge is -2.05. The van der Waals surface area contributed by atoms with E-state index in [2.05, 4.69) is 9.84 Å².